The summed E-state index contributed by atoms with van der Waals surface area (Å²) in [6, 6.07) is 5.86. The summed E-state index contributed by atoms with van der Waals surface area (Å²) in [5.74, 6) is 0.0524. The van der Waals surface area contributed by atoms with Gasteiger partial charge in [0.2, 0.25) is 5.91 Å². The predicted octanol–water partition coefficient (Wildman–Crippen LogP) is 3.13. The third kappa shape index (κ3) is 4.42. The number of aryl methyl sites for hydroxylation is 1. The Labute approximate surface area is 140 Å². The molecule has 1 aromatic rings. The topological polar surface area (TPSA) is 50.4 Å². The molecule has 0 aromatic heterocycles. The van der Waals surface area contributed by atoms with E-state index in [1.54, 1.807) is 7.11 Å². The molecule has 0 aliphatic carbocycles. The van der Waals surface area contributed by atoms with Crippen molar-refractivity contribution in [1.82, 2.24) is 5.32 Å². The number of benzene rings is 1. The second-order valence-electron chi connectivity index (χ2n) is 5.38. The van der Waals surface area contributed by atoms with Gasteiger partial charge in [0.1, 0.15) is 0 Å². The van der Waals surface area contributed by atoms with Gasteiger partial charge >= 0.3 is 0 Å². The minimum atomic E-state index is -0.419. The van der Waals surface area contributed by atoms with Crippen LogP contribution in [0.25, 0.3) is 0 Å². The number of nitrogens with one attached hydrogen (secondary N) is 2. The number of amides is 1. The van der Waals surface area contributed by atoms with Gasteiger partial charge in [0, 0.05) is 17.3 Å². The van der Waals surface area contributed by atoms with E-state index in [2.05, 4.69) is 26.6 Å². The summed E-state index contributed by atoms with van der Waals surface area (Å²) in [6.45, 7) is 4.20. The number of hydrogen-bond acceptors (Lipinski definition) is 3. The van der Waals surface area contributed by atoms with Gasteiger partial charge in [-0.1, -0.05) is 22.0 Å². The summed E-state index contributed by atoms with van der Waals surface area (Å²) < 4.78 is 6.29. The SMILES string of the molecule is COCC1(C(=O)Nc2ccc(C)c(Br)c2)CCNCC1.Cl. The van der Waals surface area contributed by atoms with Gasteiger partial charge in [-0.05, 0) is 50.6 Å². The summed E-state index contributed by atoms with van der Waals surface area (Å²) in [6.07, 6.45) is 1.61. The number of carbonyl (C=O) groups is 1. The van der Waals surface area contributed by atoms with Gasteiger partial charge < -0.3 is 15.4 Å². The van der Waals surface area contributed by atoms with Crippen molar-refractivity contribution in [2.45, 2.75) is 19.8 Å². The van der Waals surface area contributed by atoms with E-state index in [4.69, 9.17) is 4.74 Å². The average molecular weight is 378 g/mol. The zero-order chi connectivity index (χ0) is 14.6. The second kappa shape index (κ2) is 8.13. The minimum absolute atomic E-state index is 0. The zero-order valence-corrected chi connectivity index (χ0v) is 14.8. The van der Waals surface area contributed by atoms with Crippen LogP contribution in [0, 0.1) is 12.3 Å². The molecule has 0 saturated carbocycles. The Bertz CT molecular complexity index is 485. The van der Waals surface area contributed by atoms with E-state index in [0.717, 1.165) is 41.7 Å². The summed E-state index contributed by atoms with van der Waals surface area (Å²) in [5.41, 5.74) is 1.55. The molecule has 0 spiro atoms. The van der Waals surface area contributed by atoms with Crippen LogP contribution in [0.5, 0.6) is 0 Å². The van der Waals surface area contributed by atoms with Crippen LogP contribution < -0.4 is 10.6 Å². The highest BCUT2D eigenvalue weighted by Crippen LogP contribution is 2.31. The zero-order valence-electron chi connectivity index (χ0n) is 12.4. The van der Waals surface area contributed by atoms with E-state index >= 15 is 0 Å². The first-order chi connectivity index (χ1) is 9.57. The van der Waals surface area contributed by atoms with Gasteiger partial charge in [-0.3, -0.25) is 4.79 Å². The molecule has 1 aliphatic rings. The highest BCUT2D eigenvalue weighted by atomic mass is 79.9. The third-order valence-corrected chi connectivity index (χ3v) is 4.75. The number of piperidine rings is 1. The molecule has 6 heteroatoms. The molecule has 2 rings (SSSR count). The van der Waals surface area contributed by atoms with E-state index in [1.165, 1.54) is 0 Å². The van der Waals surface area contributed by atoms with Crippen molar-refractivity contribution in [3.63, 3.8) is 0 Å². The van der Waals surface area contributed by atoms with Crippen LogP contribution in [0.2, 0.25) is 0 Å². The maximum absolute atomic E-state index is 12.6. The number of hydrogen-bond donors (Lipinski definition) is 2. The Kier molecular flexibility index (Phi) is 7.13. The van der Waals surface area contributed by atoms with E-state index in [0.29, 0.717) is 6.61 Å². The Morgan fingerprint density at radius 2 is 2.10 bits per heavy atom. The molecular weight excluding hydrogens is 356 g/mol. The van der Waals surface area contributed by atoms with Crippen LogP contribution in [0.1, 0.15) is 18.4 Å². The standard InChI is InChI=1S/C15H21BrN2O2.ClH/c1-11-3-4-12(9-13(11)16)18-14(19)15(10-20-2)5-7-17-8-6-15;/h3-4,9,17H,5-8,10H2,1-2H3,(H,18,19);1H. The summed E-state index contributed by atoms with van der Waals surface area (Å²) in [5, 5.41) is 6.32. The van der Waals surface area contributed by atoms with Crippen molar-refractivity contribution >= 4 is 39.9 Å². The van der Waals surface area contributed by atoms with Gasteiger partial charge in [-0.2, -0.15) is 0 Å². The van der Waals surface area contributed by atoms with Gasteiger partial charge in [-0.25, -0.2) is 0 Å². The number of halogens is 2. The quantitative estimate of drug-likeness (QED) is 0.847. The first kappa shape index (κ1) is 18.4. The largest absolute Gasteiger partial charge is 0.384 e. The lowest BCUT2D eigenvalue weighted by atomic mass is 9.78. The number of methoxy groups -OCH3 is 1. The molecule has 1 heterocycles. The predicted molar refractivity (Wildman–Crippen MR) is 91.2 cm³/mol. The van der Waals surface area contributed by atoms with Crippen LogP contribution in [-0.4, -0.2) is 32.7 Å². The first-order valence-corrected chi connectivity index (χ1v) is 7.64. The third-order valence-electron chi connectivity index (χ3n) is 3.89. The molecule has 21 heavy (non-hydrogen) atoms. The molecule has 1 amide bonds. The number of ether oxygens (including phenoxy) is 1. The normalized spacial score (nSPS) is 16.9. The second-order valence-corrected chi connectivity index (χ2v) is 6.24. The summed E-state index contributed by atoms with van der Waals surface area (Å²) in [7, 11) is 1.65. The summed E-state index contributed by atoms with van der Waals surface area (Å²) in [4.78, 5) is 12.6. The summed E-state index contributed by atoms with van der Waals surface area (Å²) >= 11 is 3.49. The molecule has 4 nitrogen and oxygen atoms in total. The van der Waals surface area contributed by atoms with Crippen LogP contribution in [0.15, 0.2) is 22.7 Å². The van der Waals surface area contributed by atoms with E-state index in [-0.39, 0.29) is 18.3 Å². The van der Waals surface area contributed by atoms with E-state index in [9.17, 15) is 4.79 Å². The van der Waals surface area contributed by atoms with Gasteiger partial charge in [0.05, 0.1) is 12.0 Å². The van der Waals surface area contributed by atoms with Crippen molar-refractivity contribution in [2.75, 3.05) is 32.1 Å². The molecule has 1 saturated heterocycles. The monoisotopic (exact) mass is 376 g/mol. The van der Waals surface area contributed by atoms with Gasteiger partial charge in [-0.15, -0.1) is 12.4 Å². The molecule has 0 unspecified atom stereocenters. The lowest BCUT2D eigenvalue weighted by Gasteiger charge is -2.35. The van der Waals surface area contributed by atoms with Gasteiger partial charge in [0.25, 0.3) is 0 Å². The van der Waals surface area contributed by atoms with Crippen LogP contribution in [0.4, 0.5) is 5.69 Å². The number of anilines is 1. The van der Waals surface area contributed by atoms with Crippen LogP contribution in [-0.2, 0) is 9.53 Å². The van der Waals surface area contributed by atoms with Crippen LogP contribution >= 0.6 is 28.3 Å². The highest BCUT2D eigenvalue weighted by molar-refractivity contribution is 9.10. The smallest absolute Gasteiger partial charge is 0.233 e. The number of rotatable bonds is 4. The molecule has 0 atom stereocenters. The van der Waals surface area contributed by atoms with E-state index < -0.39 is 5.41 Å². The fraction of sp³-hybridized carbons (Fsp3) is 0.533. The van der Waals surface area contributed by atoms with E-state index in [1.807, 2.05) is 25.1 Å². The molecule has 1 aromatic carbocycles. The lowest BCUT2D eigenvalue weighted by Crippen LogP contribution is -2.47. The molecule has 2 N–H and O–H groups in total. The van der Waals surface area contributed by atoms with Crippen molar-refractivity contribution in [3.8, 4) is 0 Å². The molecule has 1 aliphatic heterocycles. The first-order valence-electron chi connectivity index (χ1n) is 6.85. The fourth-order valence-electron chi connectivity index (χ4n) is 2.55. The Hall–Kier alpha value is -0.620. The fourth-order valence-corrected chi connectivity index (χ4v) is 2.93. The molecular formula is C15H22BrClN2O2. The van der Waals surface area contributed by atoms with Crippen molar-refractivity contribution < 1.29 is 9.53 Å². The maximum atomic E-state index is 12.6. The minimum Gasteiger partial charge on any atom is -0.384 e. The molecule has 118 valence electrons. The molecule has 0 radical (unpaired) electrons. The Morgan fingerprint density at radius 1 is 1.43 bits per heavy atom. The van der Waals surface area contributed by atoms with Crippen molar-refractivity contribution in [1.29, 1.82) is 0 Å². The number of carbonyl (C=O) groups excluding carboxylic acids is 1. The Balaban J connectivity index is 0.00000220. The molecule has 1 fully saturated rings. The average Bonchev–Trinajstić information content (AvgIpc) is 2.44. The lowest BCUT2D eigenvalue weighted by molar-refractivity contribution is -0.130. The highest BCUT2D eigenvalue weighted by Gasteiger charge is 2.39. The Morgan fingerprint density at radius 3 is 2.67 bits per heavy atom. The van der Waals surface area contributed by atoms with Crippen LogP contribution in [0.3, 0.4) is 0 Å². The van der Waals surface area contributed by atoms with Crippen molar-refractivity contribution in [2.24, 2.45) is 5.41 Å². The van der Waals surface area contributed by atoms with Gasteiger partial charge in [0.15, 0.2) is 0 Å². The molecule has 0 bridgehead atoms. The maximum Gasteiger partial charge on any atom is 0.233 e. The van der Waals surface area contributed by atoms with Crippen molar-refractivity contribution in [3.05, 3.63) is 28.2 Å².